The molecule has 0 radical (unpaired) electrons. The van der Waals surface area contributed by atoms with Crippen molar-refractivity contribution in [2.45, 2.75) is 18.7 Å². The fraction of sp³-hybridized carbons (Fsp3) is 0.273. The Kier molecular flexibility index (Phi) is 5.88. The van der Waals surface area contributed by atoms with Gasteiger partial charge < -0.3 is 14.3 Å². The maximum atomic E-state index is 13.1. The van der Waals surface area contributed by atoms with Crippen molar-refractivity contribution < 1.29 is 22.1 Å². The molecule has 2 heterocycles. The molecule has 0 atom stereocenters. The van der Waals surface area contributed by atoms with Crippen molar-refractivity contribution in [3.8, 4) is 0 Å². The molecule has 1 fully saturated rings. The zero-order valence-electron chi connectivity index (χ0n) is 17.7. The second kappa shape index (κ2) is 8.62. The standard InChI is InChI=1S/C22H23FN4O4S/c1-15-21(16(2)31-24-15)32(29,30)25-19-7-3-17(4-8-19)22(28)27-13-11-26(12-14-27)20-9-5-18(23)6-10-20/h3-10,25H,11-14H2,1-2H3. The predicted octanol–water partition coefficient (Wildman–Crippen LogP) is 3.19. The van der Waals surface area contributed by atoms with Crippen molar-refractivity contribution in [3.63, 3.8) is 0 Å². The van der Waals surface area contributed by atoms with E-state index in [4.69, 9.17) is 4.52 Å². The number of piperazine rings is 1. The Labute approximate surface area is 185 Å². The van der Waals surface area contributed by atoms with E-state index in [1.54, 1.807) is 48.2 Å². The van der Waals surface area contributed by atoms with Gasteiger partial charge in [0.25, 0.3) is 15.9 Å². The number of nitrogens with one attached hydrogen (secondary N) is 1. The molecule has 168 valence electrons. The molecule has 1 saturated heterocycles. The molecule has 1 aliphatic rings. The number of carbonyl (C=O) groups is 1. The number of aryl methyl sites for hydroxylation is 2. The number of nitrogens with zero attached hydrogens (tertiary/aromatic N) is 3. The van der Waals surface area contributed by atoms with Crippen LogP contribution in [0.3, 0.4) is 0 Å². The van der Waals surface area contributed by atoms with Gasteiger partial charge in [-0.05, 0) is 62.4 Å². The summed E-state index contributed by atoms with van der Waals surface area (Å²) in [6.45, 7) is 5.46. The van der Waals surface area contributed by atoms with Crippen LogP contribution in [0.15, 0.2) is 57.9 Å². The van der Waals surface area contributed by atoms with Gasteiger partial charge in [-0.3, -0.25) is 9.52 Å². The normalized spacial score (nSPS) is 14.5. The van der Waals surface area contributed by atoms with E-state index < -0.39 is 10.0 Å². The third kappa shape index (κ3) is 4.45. The number of benzene rings is 2. The topological polar surface area (TPSA) is 95.8 Å². The third-order valence-electron chi connectivity index (χ3n) is 5.38. The Morgan fingerprint density at radius 3 is 2.19 bits per heavy atom. The van der Waals surface area contributed by atoms with Crippen LogP contribution < -0.4 is 9.62 Å². The molecular formula is C22H23FN4O4S. The van der Waals surface area contributed by atoms with Gasteiger partial charge in [-0.2, -0.15) is 0 Å². The highest BCUT2D eigenvalue weighted by atomic mass is 32.2. The molecule has 32 heavy (non-hydrogen) atoms. The van der Waals surface area contributed by atoms with E-state index in [-0.39, 0.29) is 28.1 Å². The van der Waals surface area contributed by atoms with Gasteiger partial charge in [0, 0.05) is 43.1 Å². The van der Waals surface area contributed by atoms with Crippen molar-refractivity contribution in [1.82, 2.24) is 10.1 Å². The summed E-state index contributed by atoms with van der Waals surface area (Å²) >= 11 is 0. The number of amides is 1. The lowest BCUT2D eigenvalue weighted by Gasteiger charge is -2.36. The SMILES string of the molecule is Cc1noc(C)c1S(=O)(=O)Nc1ccc(C(=O)N2CCN(c3ccc(F)cc3)CC2)cc1. The first-order chi connectivity index (χ1) is 15.2. The van der Waals surface area contributed by atoms with Crippen LogP contribution in [0.25, 0.3) is 0 Å². The minimum absolute atomic E-state index is 0.0108. The molecule has 3 aromatic rings. The third-order valence-corrected chi connectivity index (χ3v) is 7.00. The fourth-order valence-corrected chi connectivity index (χ4v) is 5.14. The predicted molar refractivity (Wildman–Crippen MR) is 118 cm³/mol. The van der Waals surface area contributed by atoms with Gasteiger partial charge in [0.05, 0.1) is 0 Å². The lowest BCUT2D eigenvalue weighted by molar-refractivity contribution is 0.0747. The Hall–Kier alpha value is -3.40. The highest BCUT2D eigenvalue weighted by Crippen LogP contribution is 2.23. The van der Waals surface area contributed by atoms with Crippen LogP contribution in [0.5, 0.6) is 0 Å². The number of rotatable bonds is 5. The lowest BCUT2D eigenvalue weighted by Crippen LogP contribution is -2.48. The van der Waals surface area contributed by atoms with Gasteiger partial charge in [0.2, 0.25) is 0 Å². The number of hydrogen-bond acceptors (Lipinski definition) is 6. The average molecular weight is 459 g/mol. The minimum Gasteiger partial charge on any atom is -0.368 e. The molecule has 0 spiro atoms. The first-order valence-electron chi connectivity index (χ1n) is 10.1. The smallest absolute Gasteiger partial charge is 0.267 e. The molecule has 2 aromatic carbocycles. The van der Waals surface area contributed by atoms with Crippen molar-refractivity contribution in [2.75, 3.05) is 35.8 Å². The summed E-state index contributed by atoms with van der Waals surface area (Å²) < 4.78 is 45.8. The van der Waals surface area contributed by atoms with E-state index in [9.17, 15) is 17.6 Å². The van der Waals surface area contributed by atoms with Gasteiger partial charge in [-0.1, -0.05) is 5.16 Å². The maximum absolute atomic E-state index is 13.1. The maximum Gasteiger partial charge on any atom is 0.267 e. The molecule has 4 rings (SSSR count). The monoisotopic (exact) mass is 458 g/mol. The van der Waals surface area contributed by atoms with Gasteiger partial charge in [0.1, 0.15) is 11.5 Å². The lowest BCUT2D eigenvalue weighted by atomic mass is 10.1. The molecule has 10 heteroatoms. The number of anilines is 2. The zero-order valence-corrected chi connectivity index (χ0v) is 18.5. The van der Waals surface area contributed by atoms with Crippen LogP contribution in [-0.4, -0.2) is 50.6 Å². The Morgan fingerprint density at radius 1 is 1.00 bits per heavy atom. The molecule has 1 aromatic heterocycles. The van der Waals surface area contributed by atoms with Crippen molar-refractivity contribution >= 4 is 27.3 Å². The van der Waals surface area contributed by atoms with Crippen LogP contribution in [0, 0.1) is 19.7 Å². The number of sulfonamides is 1. The second-order valence-electron chi connectivity index (χ2n) is 7.59. The van der Waals surface area contributed by atoms with Crippen LogP contribution in [0.4, 0.5) is 15.8 Å². The molecule has 0 aliphatic carbocycles. The van der Waals surface area contributed by atoms with Gasteiger partial charge in [0.15, 0.2) is 10.7 Å². The molecule has 0 saturated carbocycles. The summed E-state index contributed by atoms with van der Waals surface area (Å²) in [6.07, 6.45) is 0. The number of aromatic nitrogens is 1. The molecular weight excluding hydrogens is 435 g/mol. The summed E-state index contributed by atoms with van der Waals surface area (Å²) in [5.74, 6) is -0.189. The van der Waals surface area contributed by atoms with Gasteiger partial charge in [-0.25, -0.2) is 12.8 Å². The largest absolute Gasteiger partial charge is 0.368 e. The minimum atomic E-state index is -3.85. The Balaban J connectivity index is 1.39. The summed E-state index contributed by atoms with van der Waals surface area (Å²) in [6, 6.07) is 12.6. The van der Waals surface area contributed by atoms with E-state index in [1.165, 1.54) is 19.1 Å². The highest BCUT2D eigenvalue weighted by molar-refractivity contribution is 7.92. The fourth-order valence-electron chi connectivity index (χ4n) is 3.75. The van der Waals surface area contributed by atoms with E-state index in [0.29, 0.717) is 37.4 Å². The van der Waals surface area contributed by atoms with E-state index in [1.807, 2.05) is 0 Å². The second-order valence-corrected chi connectivity index (χ2v) is 9.21. The van der Waals surface area contributed by atoms with Gasteiger partial charge in [-0.15, -0.1) is 0 Å². The molecule has 1 aliphatic heterocycles. The summed E-state index contributed by atoms with van der Waals surface area (Å²) in [5.41, 5.74) is 2.01. The quantitative estimate of drug-likeness (QED) is 0.631. The van der Waals surface area contributed by atoms with Crippen LogP contribution in [0.2, 0.25) is 0 Å². The van der Waals surface area contributed by atoms with Crippen LogP contribution in [0.1, 0.15) is 21.8 Å². The van der Waals surface area contributed by atoms with Crippen molar-refractivity contribution in [2.24, 2.45) is 0 Å². The van der Waals surface area contributed by atoms with E-state index in [0.717, 1.165) is 5.69 Å². The summed E-state index contributed by atoms with van der Waals surface area (Å²) in [5, 5.41) is 3.68. The van der Waals surface area contributed by atoms with Crippen LogP contribution in [-0.2, 0) is 10.0 Å². The highest BCUT2D eigenvalue weighted by Gasteiger charge is 2.25. The molecule has 0 bridgehead atoms. The number of halogens is 1. The Bertz CT molecular complexity index is 1200. The zero-order chi connectivity index (χ0) is 22.9. The molecule has 1 N–H and O–H groups in total. The molecule has 1 amide bonds. The van der Waals surface area contributed by atoms with E-state index >= 15 is 0 Å². The average Bonchev–Trinajstić information content (AvgIpc) is 3.13. The van der Waals surface area contributed by atoms with Crippen molar-refractivity contribution in [3.05, 3.63) is 71.4 Å². The Morgan fingerprint density at radius 2 is 1.62 bits per heavy atom. The van der Waals surface area contributed by atoms with Crippen molar-refractivity contribution in [1.29, 1.82) is 0 Å². The summed E-state index contributed by atoms with van der Waals surface area (Å²) in [4.78, 5) is 16.7. The van der Waals surface area contributed by atoms with Crippen LogP contribution >= 0.6 is 0 Å². The summed E-state index contributed by atoms with van der Waals surface area (Å²) in [7, 11) is -3.85. The number of carbonyl (C=O) groups excluding carboxylic acids is 1. The molecule has 0 unspecified atom stereocenters. The van der Waals surface area contributed by atoms with Gasteiger partial charge >= 0.3 is 0 Å². The molecule has 8 nitrogen and oxygen atoms in total. The number of hydrogen-bond donors (Lipinski definition) is 1. The van der Waals surface area contributed by atoms with E-state index in [2.05, 4.69) is 14.8 Å². The first-order valence-corrected chi connectivity index (χ1v) is 11.6. The first kappa shape index (κ1) is 21.8.